The van der Waals surface area contributed by atoms with E-state index in [4.69, 9.17) is 4.42 Å². The lowest BCUT2D eigenvalue weighted by molar-refractivity contribution is 0.0923. The molecule has 1 N–H and O–H groups in total. The van der Waals surface area contributed by atoms with Crippen LogP contribution in [0.5, 0.6) is 0 Å². The van der Waals surface area contributed by atoms with E-state index in [9.17, 15) is 4.79 Å². The van der Waals surface area contributed by atoms with E-state index >= 15 is 0 Å². The van der Waals surface area contributed by atoms with Gasteiger partial charge in [-0.1, -0.05) is 37.3 Å². The van der Waals surface area contributed by atoms with Gasteiger partial charge in [-0.15, -0.1) is 0 Å². The number of benzene rings is 1. The highest BCUT2D eigenvalue weighted by atomic mass is 16.3. The van der Waals surface area contributed by atoms with E-state index in [0.29, 0.717) is 18.2 Å². The van der Waals surface area contributed by atoms with Crippen LogP contribution in [0.2, 0.25) is 0 Å². The maximum Gasteiger partial charge on any atom is 0.286 e. The highest BCUT2D eigenvalue weighted by Crippen LogP contribution is 2.18. The van der Waals surface area contributed by atoms with Crippen LogP contribution in [0.15, 0.2) is 53.1 Å². The summed E-state index contributed by atoms with van der Waals surface area (Å²) in [5.74, 6) is 0.539. The standard InChI is InChI=1S/C15H17NO2/c1-2-12(13-7-4-3-5-8-13)11-16-15(17)14-9-6-10-18-14/h3-10,12H,2,11H2,1H3,(H,16,17). The maximum absolute atomic E-state index is 11.8. The van der Waals surface area contributed by atoms with Gasteiger partial charge in [0.05, 0.1) is 6.26 Å². The van der Waals surface area contributed by atoms with Gasteiger partial charge in [0.25, 0.3) is 5.91 Å². The monoisotopic (exact) mass is 243 g/mol. The molecule has 1 aromatic heterocycles. The molecule has 18 heavy (non-hydrogen) atoms. The highest BCUT2D eigenvalue weighted by molar-refractivity contribution is 5.91. The molecule has 3 nitrogen and oxygen atoms in total. The van der Waals surface area contributed by atoms with E-state index in [2.05, 4.69) is 24.4 Å². The summed E-state index contributed by atoms with van der Waals surface area (Å²) in [5.41, 5.74) is 1.25. The minimum atomic E-state index is -0.158. The van der Waals surface area contributed by atoms with Gasteiger partial charge in [0.15, 0.2) is 5.76 Å². The molecule has 1 amide bonds. The lowest BCUT2D eigenvalue weighted by Gasteiger charge is -2.15. The van der Waals surface area contributed by atoms with Crippen molar-refractivity contribution in [3.8, 4) is 0 Å². The normalized spacial score (nSPS) is 12.1. The Hall–Kier alpha value is -2.03. The fourth-order valence-electron chi connectivity index (χ4n) is 1.93. The van der Waals surface area contributed by atoms with Gasteiger partial charge in [-0.05, 0) is 24.1 Å². The molecule has 0 aliphatic rings. The van der Waals surface area contributed by atoms with Crippen LogP contribution < -0.4 is 5.32 Å². The van der Waals surface area contributed by atoms with Crippen LogP contribution in [0, 0.1) is 0 Å². The van der Waals surface area contributed by atoms with Crippen LogP contribution in [0.1, 0.15) is 35.4 Å². The lowest BCUT2D eigenvalue weighted by Crippen LogP contribution is -2.27. The summed E-state index contributed by atoms with van der Waals surface area (Å²) in [7, 11) is 0. The maximum atomic E-state index is 11.8. The topological polar surface area (TPSA) is 42.2 Å². The molecule has 0 aliphatic heterocycles. The lowest BCUT2D eigenvalue weighted by atomic mass is 9.96. The molecular formula is C15H17NO2. The summed E-state index contributed by atoms with van der Waals surface area (Å²) >= 11 is 0. The van der Waals surface area contributed by atoms with Crippen LogP contribution in [0.25, 0.3) is 0 Å². The smallest absolute Gasteiger partial charge is 0.286 e. The molecular weight excluding hydrogens is 226 g/mol. The van der Waals surface area contributed by atoms with Crippen LogP contribution in [0.4, 0.5) is 0 Å². The van der Waals surface area contributed by atoms with E-state index in [-0.39, 0.29) is 5.91 Å². The summed E-state index contributed by atoms with van der Waals surface area (Å²) in [4.78, 5) is 11.8. The van der Waals surface area contributed by atoms with Crippen molar-refractivity contribution in [3.63, 3.8) is 0 Å². The molecule has 0 saturated carbocycles. The van der Waals surface area contributed by atoms with Crippen molar-refractivity contribution in [2.24, 2.45) is 0 Å². The summed E-state index contributed by atoms with van der Waals surface area (Å²) < 4.78 is 5.05. The summed E-state index contributed by atoms with van der Waals surface area (Å²) in [6.45, 7) is 2.75. The number of amides is 1. The highest BCUT2D eigenvalue weighted by Gasteiger charge is 2.12. The Balaban J connectivity index is 1.94. The largest absolute Gasteiger partial charge is 0.459 e. The van der Waals surface area contributed by atoms with Crippen LogP contribution in [0.3, 0.4) is 0 Å². The number of carbonyl (C=O) groups excluding carboxylic acids is 1. The average molecular weight is 243 g/mol. The first kappa shape index (κ1) is 12.4. The first-order chi connectivity index (χ1) is 8.81. The Bertz CT molecular complexity index is 476. The third-order valence-electron chi connectivity index (χ3n) is 3.02. The van der Waals surface area contributed by atoms with E-state index in [1.165, 1.54) is 11.8 Å². The second-order valence-corrected chi connectivity index (χ2v) is 4.20. The van der Waals surface area contributed by atoms with Gasteiger partial charge in [0.1, 0.15) is 0 Å². The molecule has 2 rings (SSSR count). The molecule has 0 radical (unpaired) electrons. The Morgan fingerprint density at radius 2 is 2.00 bits per heavy atom. The van der Waals surface area contributed by atoms with Gasteiger partial charge in [0, 0.05) is 12.5 Å². The molecule has 94 valence electrons. The van der Waals surface area contributed by atoms with Gasteiger partial charge < -0.3 is 9.73 Å². The van der Waals surface area contributed by atoms with Gasteiger partial charge in [-0.3, -0.25) is 4.79 Å². The molecule has 1 unspecified atom stereocenters. The predicted molar refractivity (Wildman–Crippen MR) is 70.5 cm³/mol. The summed E-state index contributed by atoms with van der Waals surface area (Å²) in [5, 5.41) is 2.90. The average Bonchev–Trinajstić information content (AvgIpc) is 2.94. The molecule has 0 spiro atoms. The quantitative estimate of drug-likeness (QED) is 0.876. The molecule has 1 atom stereocenters. The SMILES string of the molecule is CCC(CNC(=O)c1ccco1)c1ccccc1. The third kappa shape index (κ3) is 3.00. The molecule has 1 aromatic carbocycles. The van der Waals surface area contributed by atoms with Crippen LogP contribution >= 0.6 is 0 Å². The second kappa shape index (κ2) is 6.05. The number of rotatable bonds is 5. The van der Waals surface area contributed by atoms with Gasteiger partial charge in [0.2, 0.25) is 0 Å². The first-order valence-corrected chi connectivity index (χ1v) is 6.18. The zero-order valence-electron chi connectivity index (χ0n) is 10.4. The van der Waals surface area contributed by atoms with E-state index in [0.717, 1.165) is 6.42 Å². The molecule has 3 heteroatoms. The predicted octanol–water partition coefficient (Wildman–Crippen LogP) is 3.20. The van der Waals surface area contributed by atoms with Crippen LogP contribution in [-0.2, 0) is 0 Å². The zero-order chi connectivity index (χ0) is 12.8. The van der Waals surface area contributed by atoms with Crippen molar-refractivity contribution in [2.75, 3.05) is 6.54 Å². The number of carbonyl (C=O) groups is 1. The van der Waals surface area contributed by atoms with Crippen molar-refractivity contribution in [2.45, 2.75) is 19.3 Å². The Kier molecular flexibility index (Phi) is 4.18. The number of hydrogen-bond acceptors (Lipinski definition) is 2. The Morgan fingerprint density at radius 1 is 1.22 bits per heavy atom. The minimum absolute atomic E-state index is 0.158. The Labute approximate surface area is 107 Å². The fraction of sp³-hybridized carbons (Fsp3) is 0.267. The van der Waals surface area contributed by atoms with Crippen molar-refractivity contribution >= 4 is 5.91 Å². The van der Waals surface area contributed by atoms with Crippen molar-refractivity contribution in [3.05, 3.63) is 60.1 Å². The van der Waals surface area contributed by atoms with E-state index in [1.807, 2.05) is 18.2 Å². The Morgan fingerprint density at radius 3 is 2.61 bits per heavy atom. The summed E-state index contributed by atoms with van der Waals surface area (Å²) in [6, 6.07) is 13.6. The molecule has 1 heterocycles. The number of hydrogen-bond donors (Lipinski definition) is 1. The minimum Gasteiger partial charge on any atom is -0.459 e. The second-order valence-electron chi connectivity index (χ2n) is 4.20. The van der Waals surface area contributed by atoms with Crippen molar-refractivity contribution in [1.29, 1.82) is 0 Å². The van der Waals surface area contributed by atoms with Gasteiger partial charge >= 0.3 is 0 Å². The summed E-state index contributed by atoms with van der Waals surface area (Å²) in [6.07, 6.45) is 2.49. The van der Waals surface area contributed by atoms with Crippen molar-refractivity contribution < 1.29 is 9.21 Å². The first-order valence-electron chi connectivity index (χ1n) is 6.18. The molecule has 0 bridgehead atoms. The van der Waals surface area contributed by atoms with Crippen molar-refractivity contribution in [1.82, 2.24) is 5.32 Å². The number of furan rings is 1. The van der Waals surface area contributed by atoms with Gasteiger partial charge in [-0.25, -0.2) is 0 Å². The molecule has 0 fully saturated rings. The third-order valence-corrected chi connectivity index (χ3v) is 3.02. The van der Waals surface area contributed by atoms with E-state index < -0.39 is 0 Å². The van der Waals surface area contributed by atoms with E-state index in [1.54, 1.807) is 12.1 Å². The number of nitrogens with one attached hydrogen (secondary N) is 1. The van der Waals surface area contributed by atoms with Gasteiger partial charge in [-0.2, -0.15) is 0 Å². The molecule has 0 saturated heterocycles. The molecule has 0 aliphatic carbocycles. The fourth-order valence-corrected chi connectivity index (χ4v) is 1.93. The zero-order valence-corrected chi connectivity index (χ0v) is 10.4. The van der Waals surface area contributed by atoms with Crippen LogP contribution in [-0.4, -0.2) is 12.5 Å². The molecule has 2 aromatic rings.